The normalized spacial score (nSPS) is 17.8. The predicted octanol–water partition coefficient (Wildman–Crippen LogP) is 4.11. The largest absolute Gasteiger partial charge is 0.456 e. The summed E-state index contributed by atoms with van der Waals surface area (Å²) in [6, 6.07) is 12.5. The van der Waals surface area contributed by atoms with Crippen LogP contribution in [0.3, 0.4) is 0 Å². The van der Waals surface area contributed by atoms with Crippen molar-refractivity contribution in [1.29, 1.82) is 0 Å². The SMILES string of the molecule is Cc1ccnc(NC(=O)c2ccc(Oc3ccnc4[nH]nc(NC5CCCN(C(=O)C6CCNCC6)C5)c34)cc2)c1. The molecule has 5 heterocycles. The molecule has 0 aliphatic carbocycles. The Morgan fingerprint density at radius 3 is 2.63 bits per heavy atom. The van der Waals surface area contributed by atoms with Gasteiger partial charge in [0.25, 0.3) is 5.91 Å². The number of pyridine rings is 2. The van der Waals surface area contributed by atoms with E-state index in [2.05, 4.69) is 36.1 Å². The van der Waals surface area contributed by atoms with E-state index < -0.39 is 0 Å². The second-order valence-electron chi connectivity index (χ2n) is 10.7. The van der Waals surface area contributed by atoms with Gasteiger partial charge in [0.1, 0.15) is 22.7 Å². The van der Waals surface area contributed by atoms with E-state index in [9.17, 15) is 9.59 Å². The summed E-state index contributed by atoms with van der Waals surface area (Å²) in [7, 11) is 0. The Morgan fingerprint density at radius 1 is 1.02 bits per heavy atom. The molecule has 1 aromatic carbocycles. The fourth-order valence-electron chi connectivity index (χ4n) is 5.52. The van der Waals surface area contributed by atoms with E-state index >= 15 is 0 Å². The molecule has 2 fully saturated rings. The standard InChI is InChI=1S/C30H34N8O3/c1-19-8-14-32-25(17-19)35-29(39)20-4-6-23(7-5-20)41-24-11-15-33-27-26(24)28(37-36-27)34-22-3-2-16-38(18-22)30(40)21-9-12-31-13-10-21/h4-8,11,14-15,17,21-22,31H,2-3,9-10,12-13,16,18H2,1H3,(H,32,35,39)(H2,33,34,36,37). The van der Waals surface area contributed by atoms with E-state index in [-0.39, 0.29) is 23.8 Å². The summed E-state index contributed by atoms with van der Waals surface area (Å²) in [5, 5.41) is 17.9. The topological polar surface area (TPSA) is 137 Å². The first kappa shape index (κ1) is 26.7. The molecule has 2 aliphatic rings. The number of rotatable bonds is 7. The summed E-state index contributed by atoms with van der Waals surface area (Å²) in [5.41, 5.74) is 2.11. The lowest BCUT2D eigenvalue weighted by Crippen LogP contribution is -2.48. The van der Waals surface area contributed by atoms with E-state index in [0.717, 1.165) is 56.3 Å². The minimum atomic E-state index is -0.248. The van der Waals surface area contributed by atoms with Crippen molar-refractivity contribution in [2.75, 3.05) is 36.8 Å². The molecule has 11 nitrogen and oxygen atoms in total. The number of amides is 2. The Kier molecular flexibility index (Phi) is 7.77. The lowest BCUT2D eigenvalue weighted by molar-refractivity contribution is -0.137. The van der Waals surface area contributed by atoms with Crippen LogP contribution in [0.15, 0.2) is 54.9 Å². The highest BCUT2D eigenvalue weighted by Crippen LogP contribution is 2.34. The number of aromatic nitrogens is 4. The highest BCUT2D eigenvalue weighted by atomic mass is 16.5. The van der Waals surface area contributed by atoms with Crippen LogP contribution in [-0.4, -0.2) is 69.1 Å². The maximum absolute atomic E-state index is 13.1. The number of fused-ring (bicyclic) bond motifs is 1. The number of anilines is 2. The first-order valence-electron chi connectivity index (χ1n) is 14.1. The summed E-state index contributed by atoms with van der Waals surface area (Å²) in [6.07, 6.45) is 7.02. The van der Waals surface area contributed by atoms with Crippen molar-refractivity contribution in [2.45, 2.75) is 38.6 Å². The van der Waals surface area contributed by atoms with Gasteiger partial charge >= 0.3 is 0 Å². The van der Waals surface area contributed by atoms with E-state index in [1.54, 1.807) is 42.7 Å². The maximum atomic E-state index is 13.1. The fourth-order valence-corrected chi connectivity index (χ4v) is 5.52. The van der Waals surface area contributed by atoms with E-state index in [0.29, 0.717) is 40.9 Å². The molecule has 1 atom stereocenters. The highest BCUT2D eigenvalue weighted by Gasteiger charge is 2.30. The summed E-state index contributed by atoms with van der Waals surface area (Å²) in [4.78, 5) is 36.4. The molecule has 2 aliphatic heterocycles. The Balaban J connectivity index is 1.14. The van der Waals surface area contributed by atoms with Crippen LogP contribution in [0.1, 0.15) is 41.6 Å². The van der Waals surface area contributed by atoms with Crippen molar-refractivity contribution < 1.29 is 14.3 Å². The van der Waals surface area contributed by atoms with Crippen LogP contribution in [0.2, 0.25) is 0 Å². The molecule has 1 unspecified atom stereocenters. The number of piperidine rings is 2. The van der Waals surface area contributed by atoms with Crippen molar-refractivity contribution >= 4 is 34.5 Å². The number of ether oxygens (including phenoxy) is 1. The van der Waals surface area contributed by atoms with Gasteiger partial charge in [-0.05, 0) is 87.7 Å². The molecular weight excluding hydrogens is 520 g/mol. The van der Waals surface area contributed by atoms with Gasteiger partial charge in [0.05, 0.1) is 0 Å². The Morgan fingerprint density at radius 2 is 1.83 bits per heavy atom. The van der Waals surface area contributed by atoms with Crippen LogP contribution >= 0.6 is 0 Å². The van der Waals surface area contributed by atoms with Gasteiger partial charge in [-0.3, -0.25) is 14.7 Å². The Labute approximate surface area is 238 Å². The monoisotopic (exact) mass is 554 g/mol. The summed E-state index contributed by atoms with van der Waals surface area (Å²) < 4.78 is 6.23. The third kappa shape index (κ3) is 6.14. The van der Waals surface area contributed by atoms with Crippen molar-refractivity contribution in [2.24, 2.45) is 5.92 Å². The molecule has 0 spiro atoms. The molecule has 0 radical (unpaired) electrons. The zero-order valence-corrected chi connectivity index (χ0v) is 23.0. The average molecular weight is 555 g/mol. The van der Waals surface area contributed by atoms with Crippen molar-refractivity contribution in [3.63, 3.8) is 0 Å². The quantitative estimate of drug-likeness (QED) is 0.268. The number of aryl methyl sites for hydroxylation is 1. The number of H-pyrrole nitrogens is 1. The van der Waals surface area contributed by atoms with Gasteiger partial charge in [-0.25, -0.2) is 9.97 Å². The molecule has 3 aromatic heterocycles. The van der Waals surface area contributed by atoms with Gasteiger partial charge in [-0.1, -0.05) is 0 Å². The maximum Gasteiger partial charge on any atom is 0.256 e. The van der Waals surface area contributed by atoms with Gasteiger partial charge in [0.15, 0.2) is 11.5 Å². The zero-order valence-electron chi connectivity index (χ0n) is 23.0. The predicted molar refractivity (Wildman–Crippen MR) is 156 cm³/mol. The van der Waals surface area contributed by atoms with Gasteiger partial charge in [-0.15, -0.1) is 0 Å². The number of benzene rings is 1. The van der Waals surface area contributed by atoms with Gasteiger partial charge in [0, 0.05) is 49.1 Å². The molecule has 4 aromatic rings. The molecule has 0 saturated carbocycles. The number of hydrogen-bond donors (Lipinski definition) is 4. The fraction of sp³-hybridized carbons (Fsp3) is 0.367. The number of carbonyl (C=O) groups is 2. The molecule has 4 N–H and O–H groups in total. The average Bonchev–Trinajstić information content (AvgIpc) is 3.41. The smallest absolute Gasteiger partial charge is 0.256 e. The molecule has 11 heteroatoms. The molecule has 2 saturated heterocycles. The van der Waals surface area contributed by atoms with Crippen LogP contribution in [0, 0.1) is 12.8 Å². The van der Waals surface area contributed by atoms with E-state index in [1.165, 1.54) is 0 Å². The first-order valence-corrected chi connectivity index (χ1v) is 14.1. The van der Waals surface area contributed by atoms with Crippen LogP contribution in [0.5, 0.6) is 11.5 Å². The van der Waals surface area contributed by atoms with Gasteiger partial charge in [0.2, 0.25) is 5.91 Å². The van der Waals surface area contributed by atoms with Crippen LogP contribution in [-0.2, 0) is 4.79 Å². The minimum absolute atomic E-state index is 0.0784. The third-order valence-corrected chi connectivity index (χ3v) is 7.69. The number of carbonyl (C=O) groups excluding carboxylic acids is 2. The zero-order chi connectivity index (χ0) is 28.2. The number of aromatic amines is 1. The number of likely N-dealkylation sites (tertiary alicyclic amines) is 1. The molecule has 0 bridgehead atoms. The summed E-state index contributed by atoms with van der Waals surface area (Å²) >= 11 is 0. The third-order valence-electron chi connectivity index (χ3n) is 7.69. The molecule has 2 amide bonds. The van der Waals surface area contributed by atoms with Crippen LogP contribution in [0.25, 0.3) is 11.0 Å². The van der Waals surface area contributed by atoms with Gasteiger partial charge < -0.3 is 25.6 Å². The van der Waals surface area contributed by atoms with E-state index in [4.69, 9.17) is 4.74 Å². The Hall–Kier alpha value is -4.51. The second kappa shape index (κ2) is 11.9. The lowest BCUT2D eigenvalue weighted by Gasteiger charge is -2.36. The number of hydrogen-bond acceptors (Lipinski definition) is 8. The summed E-state index contributed by atoms with van der Waals surface area (Å²) in [5.74, 6) is 2.45. The minimum Gasteiger partial charge on any atom is -0.456 e. The van der Waals surface area contributed by atoms with Crippen LogP contribution in [0.4, 0.5) is 11.6 Å². The molecule has 41 heavy (non-hydrogen) atoms. The molecule has 212 valence electrons. The number of nitrogens with zero attached hydrogens (tertiary/aromatic N) is 4. The number of nitrogens with one attached hydrogen (secondary N) is 4. The molecular formula is C30H34N8O3. The summed E-state index contributed by atoms with van der Waals surface area (Å²) in [6.45, 7) is 5.20. The Bertz CT molecular complexity index is 1530. The van der Waals surface area contributed by atoms with E-state index in [1.807, 2.05) is 24.0 Å². The second-order valence-corrected chi connectivity index (χ2v) is 10.7. The van der Waals surface area contributed by atoms with Crippen molar-refractivity contribution in [1.82, 2.24) is 30.4 Å². The van der Waals surface area contributed by atoms with Crippen molar-refractivity contribution in [3.05, 3.63) is 66.0 Å². The van der Waals surface area contributed by atoms with Gasteiger partial charge in [-0.2, -0.15) is 5.10 Å². The highest BCUT2D eigenvalue weighted by molar-refractivity contribution is 6.03. The lowest BCUT2D eigenvalue weighted by atomic mass is 9.95. The van der Waals surface area contributed by atoms with Crippen LogP contribution < -0.4 is 20.7 Å². The van der Waals surface area contributed by atoms with Crippen molar-refractivity contribution in [3.8, 4) is 11.5 Å². The first-order chi connectivity index (χ1) is 20.0. The molecule has 6 rings (SSSR count).